The minimum Gasteiger partial charge on any atom is -0.318 e. The Labute approximate surface area is 115 Å². The number of hydrogen-bond acceptors (Lipinski definition) is 5. The maximum atomic E-state index is 11.9. The van der Waals surface area contributed by atoms with Gasteiger partial charge in [-0.3, -0.25) is 14.6 Å². The van der Waals surface area contributed by atoms with Crippen molar-refractivity contribution in [1.82, 2.24) is 14.9 Å². The third-order valence-electron chi connectivity index (χ3n) is 3.24. The van der Waals surface area contributed by atoms with Gasteiger partial charge >= 0.3 is 6.03 Å². The van der Waals surface area contributed by atoms with E-state index < -0.39 is 21.0 Å². The third kappa shape index (κ3) is 2.68. The lowest BCUT2D eigenvalue weighted by Gasteiger charge is -2.18. The lowest BCUT2D eigenvalue weighted by Crippen LogP contribution is -2.40. The van der Waals surface area contributed by atoms with Gasteiger partial charge in [-0.05, 0) is 18.6 Å². The molecule has 0 unspecified atom stereocenters. The molecule has 0 radical (unpaired) electrons. The van der Waals surface area contributed by atoms with Crippen LogP contribution in [-0.4, -0.2) is 53.1 Å². The number of sulfone groups is 1. The zero-order valence-corrected chi connectivity index (χ0v) is 11.6. The van der Waals surface area contributed by atoms with Gasteiger partial charge in [0, 0.05) is 24.7 Å². The SMILES string of the molecule is CS(=O)(=O)[C@H](CCN1Cc2cccn2C1=O)C(=O)NO. The molecule has 1 aromatic heterocycles. The van der Waals surface area contributed by atoms with Crippen molar-refractivity contribution in [3.8, 4) is 0 Å². The normalized spacial score (nSPS) is 16.1. The lowest BCUT2D eigenvalue weighted by atomic mass is 10.2. The first-order valence-electron chi connectivity index (χ1n) is 5.93. The van der Waals surface area contributed by atoms with Crippen LogP contribution >= 0.6 is 0 Å². The van der Waals surface area contributed by atoms with Crippen molar-refractivity contribution in [3.63, 3.8) is 0 Å². The molecular formula is C11H15N3O5S. The van der Waals surface area contributed by atoms with Crippen LogP contribution in [0.1, 0.15) is 12.1 Å². The third-order valence-corrected chi connectivity index (χ3v) is 4.73. The number of nitrogens with zero attached hydrogens (tertiary/aromatic N) is 2. The first-order chi connectivity index (χ1) is 9.34. The highest BCUT2D eigenvalue weighted by Gasteiger charge is 2.32. The molecule has 1 aromatic rings. The summed E-state index contributed by atoms with van der Waals surface area (Å²) >= 11 is 0. The van der Waals surface area contributed by atoms with Crippen LogP contribution in [0.25, 0.3) is 0 Å². The zero-order valence-electron chi connectivity index (χ0n) is 10.8. The maximum Gasteiger partial charge on any atom is 0.328 e. The largest absolute Gasteiger partial charge is 0.328 e. The van der Waals surface area contributed by atoms with E-state index in [9.17, 15) is 18.0 Å². The molecule has 2 heterocycles. The molecule has 0 saturated heterocycles. The number of amides is 2. The first-order valence-corrected chi connectivity index (χ1v) is 7.88. The summed E-state index contributed by atoms with van der Waals surface area (Å²) in [6, 6.07) is 3.30. The maximum absolute atomic E-state index is 11.9. The van der Waals surface area contributed by atoms with E-state index in [-0.39, 0.29) is 19.0 Å². The van der Waals surface area contributed by atoms with E-state index in [1.807, 2.05) is 0 Å². The van der Waals surface area contributed by atoms with Gasteiger partial charge < -0.3 is 4.90 Å². The van der Waals surface area contributed by atoms with Crippen LogP contribution in [-0.2, 0) is 21.2 Å². The van der Waals surface area contributed by atoms with Crippen LogP contribution in [0, 0.1) is 0 Å². The fourth-order valence-corrected chi connectivity index (χ4v) is 3.18. The van der Waals surface area contributed by atoms with Gasteiger partial charge in [-0.25, -0.2) is 18.7 Å². The topological polar surface area (TPSA) is 109 Å². The van der Waals surface area contributed by atoms with Crippen molar-refractivity contribution in [2.24, 2.45) is 0 Å². The van der Waals surface area contributed by atoms with Crippen LogP contribution in [0.3, 0.4) is 0 Å². The molecule has 0 fully saturated rings. The molecule has 0 aromatic carbocycles. The first kappa shape index (κ1) is 14.5. The summed E-state index contributed by atoms with van der Waals surface area (Å²) < 4.78 is 24.5. The summed E-state index contributed by atoms with van der Waals surface area (Å²) in [5.74, 6) is -0.987. The summed E-state index contributed by atoms with van der Waals surface area (Å²) in [5.41, 5.74) is 2.16. The minimum absolute atomic E-state index is 0.0677. The van der Waals surface area contributed by atoms with Gasteiger partial charge in [-0.1, -0.05) is 0 Å². The predicted octanol–water partition coefficient (Wildman–Crippen LogP) is -0.419. The molecule has 0 spiro atoms. The van der Waals surface area contributed by atoms with E-state index in [2.05, 4.69) is 0 Å². The average molecular weight is 301 g/mol. The summed E-state index contributed by atoms with van der Waals surface area (Å²) in [5, 5.41) is 7.20. The van der Waals surface area contributed by atoms with Crippen LogP contribution < -0.4 is 5.48 Å². The van der Waals surface area contributed by atoms with Gasteiger partial charge in [0.15, 0.2) is 9.84 Å². The highest BCUT2D eigenvalue weighted by Crippen LogP contribution is 2.18. The molecule has 0 bridgehead atoms. The van der Waals surface area contributed by atoms with Gasteiger partial charge in [0.2, 0.25) is 0 Å². The van der Waals surface area contributed by atoms with Gasteiger partial charge in [0.25, 0.3) is 5.91 Å². The minimum atomic E-state index is -3.66. The van der Waals surface area contributed by atoms with Crippen molar-refractivity contribution < 1.29 is 23.2 Å². The summed E-state index contributed by atoms with van der Waals surface area (Å²) in [7, 11) is -3.66. The molecule has 20 heavy (non-hydrogen) atoms. The Morgan fingerprint density at radius 2 is 2.25 bits per heavy atom. The zero-order chi connectivity index (χ0) is 14.9. The van der Waals surface area contributed by atoms with Crippen LogP contribution in [0.5, 0.6) is 0 Å². The van der Waals surface area contributed by atoms with Crippen LogP contribution in [0.2, 0.25) is 0 Å². The van der Waals surface area contributed by atoms with E-state index >= 15 is 0 Å². The Balaban J connectivity index is 2.03. The fraction of sp³-hybridized carbons (Fsp3) is 0.455. The predicted molar refractivity (Wildman–Crippen MR) is 68.8 cm³/mol. The summed E-state index contributed by atoms with van der Waals surface area (Å²) in [6.07, 6.45) is 2.48. The number of aromatic nitrogens is 1. The molecule has 2 N–H and O–H groups in total. The molecule has 0 saturated carbocycles. The molecule has 2 amide bonds. The number of nitrogens with one attached hydrogen (secondary N) is 1. The molecule has 0 aliphatic carbocycles. The van der Waals surface area contributed by atoms with Gasteiger partial charge in [0.1, 0.15) is 5.25 Å². The molecule has 1 aliphatic rings. The number of carbonyl (C=O) groups excluding carboxylic acids is 2. The molecular weight excluding hydrogens is 286 g/mol. The molecule has 1 aliphatic heterocycles. The number of hydrogen-bond donors (Lipinski definition) is 2. The standard InChI is InChI=1S/C11H15N3O5S/c1-20(18,19)9(10(15)12-17)4-6-13-7-8-3-2-5-14(8)11(13)16/h2-3,5,9,17H,4,6-7H2,1H3,(H,12,15)/t9-/m1/s1. The highest BCUT2D eigenvalue weighted by molar-refractivity contribution is 7.92. The van der Waals surface area contributed by atoms with Gasteiger partial charge in [-0.2, -0.15) is 0 Å². The number of rotatable bonds is 5. The Morgan fingerprint density at radius 3 is 2.80 bits per heavy atom. The van der Waals surface area contributed by atoms with Crippen molar-refractivity contribution >= 4 is 21.8 Å². The van der Waals surface area contributed by atoms with Crippen molar-refractivity contribution in [3.05, 3.63) is 24.0 Å². The van der Waals surface area contributed by atoms with Gasteiger partial charge in [0.05, 0.1) is 6.54 Å². The second kappa shape index (κ2) is 5.25. The Morgan fingerprint density at radius 1 is 1.55 bits per heavy atom. The Kier molecular flexibility index (Phi) is 3.82. The van der Waals surface area contributed by atoms with Crippen molar-refractivity contribution in [2.45, 2.75) is 18.2 Å². The highest BCUT2D eigenvalue weighted by atomic mass is 32.2. The Bertz CT molecular complexity index is 636. The molecule has 8 nitrogen and oxygen atoms in total. The van der Waals surface area contributed by atoms with E-state index in [0.717, 1.165) is 11.9 Å². The second-order valence-corrected chi connectivity index (χ2v) is 6.88. The summed E-state index contributed by atoms with van der Waals surface area (Å²) in [4.78, 5) is 24.8. The smallest absolute Gasteiger partial charge is 0.318 e. The second-order valence-electron chi connectivity index (χ2n) is 4.66. The van der Waals surface area contributed by atoms with Crippen molar-refractivity contribution in [1.29, 1.82) is 0 Å². The van der Waals surface area contributed by atoms with E-state index in [0.29, 0.717) is 6.54 Å². The number of hydroxylamine groups is 1. The van der Waals surface area contributed by atoms with Crippen LogP contribution in [0.4, 0.5) is 4.79 Å². The van der Waals surface area contributed by atoms with Crippen LogP contribution in [0.15, 0.2) is 18.3 Å². The lowest BCUT2D eigenvalue weighted by molar-refractivity contribution is -0.128. The Hall–Kier alpha value is -1.87. The quantitative estimate of drug-likeness (QED) is 0.567. The number of fused-ring (bicyclic) bond motifs is 1. The average Bonchev–Trinajstić information content (AvgIpc) is 2.92. The number of carbonyl (C=O) groups is 2. The van der Waals surface area contributed by atoms with E-state index in [1.165, 1.54) is 14.9 Å². The summed E-state index contributed by atoms with van der Waals surface area (Å²) in [6.45, 7) is 0.495. The van der Waals surface area contributed by atoms with Gasteiger partial charge in [-0.15, -0.1) is 0 Å². The monoisotopic (exact) mass is 301 g/mol. The molecule has 1 atom stereocenters. The fourth-order valence-electron chi connectivity index (χ4n) is 2.21. The van der Waals surface area contributed by atoms with Crippen molar-refractivity contribution in [2.75, 3.05) is 12.8 Å². The molecule has 110 valence electrons. The van der Waals surface area contributed by atoms with E-state index in [1.54, 1.807) is 18.3 Å². The molecule has 2 rings (SSSR count). The van der Waals surface area contributed by atoms with E-state index in [4.69, 9.17) is 5.21 Å². The molecule has 9 heteroatoms.